The molecule has 2 aromatic carbocycles. The zero-order valence-electron chi connectivity index (χ0n) is 12.2. The van der Waals surface area contributed by atoms with Crippen LogP contribution >= 0.6 is 0 Å². The van der Waals surface area contributed by atoms with E-state index < -0.39 is 5.97 Å². The third-order valence-electron chi connectivity index (χ3n) is 3.97. The molecule has 1 aliphatic rings. The smallest absolute Gasteiger partial charge is 0.335 e. The number of carbonyl (C=O) groups excluding carboxylic acids is 1. The van der Waals surface area contributed by atoms with Crippen molar-refractivity contribution in [2.24, 2.45) is 0 Å². The Morgan fingerprint density at radius 2 is 1.55 bits per heavy atom. The minimum Gasteiger partial charge on any atom is -0.478 e. The minimum absolute atomic E-state index is 0.0708. The highest BCUT2D eigenvalue weighted by molar-refractivity contribution is 5.95. The predicted octanol–water partition coefficient (Wildman–Crippen LogP) is 3.29. The summed E-state index contributed by atoms with van der Waals surface area (Å²) in [6.07, 6.45) is 2.14. The van der Waals surface area contributed by atoms with Crippen LogP contribution in [0.25, 0.3) is 11.1 Å². The van der Waals surface area contributed by atoms with E-state index >= 15 is 0 Å². The first kappa shape index (κ1) is 14.3. The van der Waals surface area contributed by atoms with Gasteiger partial charge in [-0.05, 0) is 48.2 Å². The summed E-state index contributed by atoms with van der Waals surface area (Å²) in [6, 6.07) is 14.2. The van der Waals surface area contributed by atoms with E-state index in [-0.39, 0.29) is 11.5 Å². The Kier molecular flexibility index (Phi) is 3.92. The second-order valence-corrected chi connectivity index (χ2v) is 5.46. The van der Waals surface area contributed by atoms with E-state index in [0.29, 0.717) is 5.56 Å². The lowest BCUT2D eigenvalue weighted by Crippen LogP contribution is -2.27. The van der Waals surface area contributed by atoms with E-state index in [2.05, 4.69) is 0 Å². The fraction of sp³-hybridized carbons (Fsp3) is 0.222. The molecule has 22 heavy (non-hydrogen) atoms. The summed E-state index contributed by atoms with van der Waals surface area (Å²) in [6.45, 7) is 1.66. The van der Waals surface area contributed by atoms with Crippen molar-refractivity contribution in [1.29, 1.82) is 0 Å². The van der Waals surface area contributed by atoms with Crippen LogP contribution in [-0.2, 0) is 0 Å². The molecule has 0 unspecified atom stereocenters. The van der Waals surface area contributed by atoms with Gasteiger partial charge in [-0.2, -0.15) is 0 Å². The SMILES string of the molecule is O=C(O)c1ccc(-c2cccc(C(=O)N3CCCC3)c2)cc1. The van der Waals surface area contributed by atoms with Crippen LogP contribution in [0.15, 0.2) is 48.5 Å². The molecule has 1 fully saturated rings. The number of likely N-dealkylation sites (tertiary alicyclic amines) is 1. The van der Waals surface area contributed by atoms with Crippen LogP contribution in [0.2, 0.25) is 0 Å². The van der Waals surface area contributed by atoms with E-state index in [0.717, 1.165) is 37.1 Å². The molecule has 3 rings (SSSR count). The van der Waals surface area contributed by atoms with Crippen molar-refractivity contribution < 1.29 is 14.7 Å². The van der Waals surface area contributed by atoms with E-state index in [4.69, 9.17) is 5.11 Å². The van der Waals surface area contributed by atoms with Crippen molar-refractivity contribution >= 4 is 11.9 Å². The molecule has 1 amide bonds. The van der Waals surface area contributed by atoms with E-state index in [1.165, 1.54) is 0 Å². The number of benzene rings is 2. The Morgan fingerprint density at radius 3 is 2.18 bits per heavy atom. The van der Waals surface area contributed by atoms with Gasteiger partial charge in [0.1, 0.15) is 0 Å². The van der Waals surface area contributed by atoms with Gasteiger partial charge >= 0.3 is 5.97 Å². The second-order valence-electron chi connectivity index (χ2n) is 5.46. The molecule has 0 aliphatic carbocycles. The van der Waals surface area contributed by atoms with Crippen molar-refractivity contribution in [2.75, 3.05) is 13.1 Å². The maximum absolute atomic E-state index is 12.4. The van der Waals surface area contributed by atoms with Gasteiger partial charge in [0, 0.05) is 18.7 Å². The van der Waals surface area contributed by atoms with Gasteiger partial charge in [0.2, 0.25) is 0 Å². The Hall–Kier alpha value is -2.62. The summed E-state index contributed by atoms with van der Waals surface area (Å²) in [4.78, 5) is 25.2. The van der Waals surface area contributed by atoms with Gasteiger partial charge in [0.25, 0.3) is 5.91 Å². The van der Waals surface area contributed by atoms with Crippen molar-refractivity contribution in [1.82, 2.24) is 4.90 Å². The van der Waals surface area contributed by atoms with Crippen LogP contribution in [0.3, 0.4) is 0 Å². The van der Waals surface area contributed by atoms with Gasteiger partial charge in [0.15, 0.2) is 0 Å². The normalized spacial score (nSPS) is 14.1. The fourth-order valence-corrected chi connectivity index (χ4v) is 2.74. The number of nitrogens with zero attached hydrogens (tertiary/aromatic N) is 1. The average Bonchev–Trinajstić information content (AvgIpc) is 3.09. The zero-order valence-corrected chi connectivity index (χ0v) is 12.2. The summed E-state index contributed by atoms with van der Waals surface area (Å²) in [7, 11) is 0. The first-order valence-corrected chi connectivity index (χ1v) is 7.38. The van der Waals surface area contributed by atoms with Crippen molar-refractivity contribution in [2.45, 2.75) is 12.8 Å². The maximum atomic E-state index is 12.4. The summed E-state index contributed by atoms with van der Waals surface area (Å²) in [5.41, 5.74) is 2.76. The van der Waals surface area contributed by atoms with Crippen molar-refractivity contribution in [3.05, 3.63) is 59.7 Å². The third kappa shape index (κ3) is 2.86. The maximum Gasteiger partial charge on any atom is 0.335 e. The first-order chi connectivity index (χ1) is 10.6. The van der Waals surface area contributed by atoms with Crippen LogP contribution in [0.4, 0.5) is 0 Å². The van der Waals surface area contributed by atoms with Crippen molar-refractivity contribution in [3.63, 3.8) is 0 Å². The highest BCUT2D eigenvalue weighted by atomic mass is 16.4. The van der Waals surface area contributed by atoms with Crippen LogP contribution < -0.4 is 0 Å². The third-order valence-corrected chi connectivity index (χ3v) is 3.97. The van der Waals surface area contributed by atoms with Gasteiger partial charge in [-0.25, -0.2) is 4.79 Å². The van der Waals surface area contributed by atoms with Gasteiger partial charge in [0.05, 0.1) is 5.56 Å². The molecule has 4 nitrogen and oxygen atoms in total. The summed E-state index contributed by atoms with van der Waals surface area (Å²) in [5, 5.41) is 8.93. The number of carboxylic acid groups (broad SMARTS) is 1. The molecule has 0 bridgehead atoms. The lowest BCUT2D eigenvalue weighted by atomic mass is 10.0. The molecule has 0 atom stereocenters. The van der Waals surface area contributed by atoms with E-state index in [9.17, 15) is 9.59 Å². The van der Waals surface area contributed by atoms with Gasteiger partial charge in [-0.3, -0.25) is 4.79 Å². The topological polar surface area (TPSA) is 57.6 Å². The van der Waals surface area contributed by atoms with Gasteiger partial charge in [-0.15, -0.1) is 0 Å². The number of amides is 1. The van der Waals surface area contributed by atoms with Gasteiger partial charge in [-0.1, -0.05) is 24.3 Å². The van der Waals surface area contributed by atoms with E-state index in [1.54, 1.807) is 24.3 Å². The quantitative estimate of drug-likeness (QED) is 0.945. The van der Waals surface area contributed by atoms with Crippen molar-refractivity contribution in [3.8, 4) is 11.1 Å². The molecule has 1 aliphatic heterocycles. The molecule has 112 valence electrons. The molecule has 0 spiro atoms. The van der Waals surface area contributed by atoms with Crippen LogP contribution in [0.5, 0.6) is 0 Å². The van der Waals surface area contributed by atoms with Crippen LogP contribution in [0, 0.1) is 0 Å². The number of carbonyl (C=O) groups is 2. The second kappa shape index (κ2) is 6.02. The number of aromatic carboxylic acids is 1. The lowest BCUT2D eigenvalue weighted by Gasteiger charge is -2.15. The Bertz CT molecular complexity index is 701. The first-order valence-electron chi connectivity index (χ1n) is 7.38. The number of carboxylic acids is 1. The Balaban J connectivity index is 1.87. The molecule has 1 N–H and O–H groups in total. The van der Waals surface area contributed by atoms with Gasteiger partial charge < -0.3 is 10.0 Å². The molecular weight excluding hydrogens is 278 g/mol. The summed E-state index contributed by atoms with van der Waals surface area (Å²) < 4.78 is 0. The van der Waals surface area contributed by atoms with Crippen LogP contribution in [-0.4, -0.2) is 35.0 Å². The highest BCUT2D eigenvalue weighted by Crippen LogP contribution is 2.22. The molecule has 2 aromatic rings. The standard InChI is InChI=1S/C18H17NO3/c20-17(19-10-1-2-11-19)16-5-3-4-15(12-16)13-6-8-14(9-7-13)18(21)22/h3-9,12H,1-2,10-11H2,(H,21,22). The summed E-state index contributed by atoms with van der Waals surface area (Å²) in [5.74, 6) is -0.869. The fourth-order valence-electron chi connectivity index (χ4n) is 2.74. The minimum atomic E-state index is -0.940. The Morgan fingerprint density at radius 1 is 0.864 bits per heavy atom. The molecule has 4 heteroatoms. The van der Waals surface area contributed by atoms with Crippen LogP contribution in [0.1, 0.15) is 33.6 Å². The monoisotopic (exact) mass is 295 g/mol. The molecule has 0 aromatic heterocycles. The molecule has 1 saturated heterocycles. The highest BCUT2D eigenvalue weighted by Gasteiger charge is 2.19. The molecular formula is C18H17NO3. The average molecular weight is 295 g/mol. The molecule has 0 saturated carbocycles. The number of hydrogen-bond acceptors (Lipinski definition) is 2. The molecule has 0 radical (unpaired) electrons. The zero-order chi connectivity index (χ0) is 15.5. The van der Waals surface area contributed by atoms with E-state index in [1.807, 2.05) is 29.2 Å². The lowest BCUT2D eigenvalue weighted by molar-refractivity contribution is 0.0696. The summed E-state index contributed by atoms with van der Waals surface area (Å²) >= 11 is 0. The predicted molar refractivity (Wildman–Crippen MR) is 84.0 cm³/mol. The number of rotatable bonds is 3. The largest absolute Gasteiger partial charge is 0.478 e. The Labute approximate surface area is 129 Å². The number of hydrogen-bond donors (Lipinski definition) is 1. The molecule has 1 heterocycles.